The minimum Gasteiger partial charge on any atom is -0.477 e. The van der Waals surface area contributed by atoms with E-state index in [2.05, 4.69) is 16.0 Å². The smallest absolute Gasteiger partial charge is 0.321 e. The van der Waals surface area contributed by atoms with Gasteiger partial charge in [-0.25, -0.2) is 4.79 Å². The van der Waals surface area contributed by atoms with Crippen LogP contribution in [-0.4, -0.2) is 50.1 Å². The second-order valence-corrected chi connectivity index (χ2v) is 6.05. The lowest BCUT2D eigenvalue weighted by Crippen LogP contribution is -2.52. The number of benzene rings is 1. The Morgan fingerprint density at radius 1 is 1.12 bits per heavy atom. The lowest BCUT2D eigenvalue weighted by atomic mass is 10.1. The van der Waals surface area contributed by atoms with Crippen molar-refractivity contribution >= 4 is 23.5 Å². The summed E-state index contributed by atoms with van der Waals surface area (Å²) in [5.41, 5.74) is 0.719. The number of carbonyl (C=O) groups is 3. The van der Waals surface area contributed by atoms with Gasteiger partial charge in [0, 0.05) is 13.1 Å². The van der Waals surface area contributed by atoms with Crippen molar-refractivity contribution in [2.45, 2.75) is 32.8 Å². The predicted octanol–water partition coefficient (Wildman–Crippen LogP) is 1.02. The molecule has 1 heterocycles. The van der Waals surface area contributed by atoms with E-state index in [1.54, 1.807) is 11.0 Å². The number of anilines is 1. The number of hydrogen-bond acceptors (Lipinski definition) is 5. The predicted molar refractivity (Wildman–Crippen MR) is 98.2 cm³/mol. The summed E-state index contributed by atoms with van der Waals surface area (Å²) < 4.78 is 5.77. The first-order valence-electron chi connectivity index (χ1n) is 8.91. The van der Waals surface area contributed by atoms with Crippen LogP contribution >= 0.6 is 0 Å². The molecule has 1 aliphatic heterocycles. The second-order valence-electron chi connectivity index (χ2n) is 6.05. The fourth-order valence-corrected chi connectivity index (χ4v) is 2.58. The van der Waals surface area contributed by atoms with Gasteiger partial charge in [-0.15, -0.1) is 0 Å². The van der Waals surface area contributed by atoms with E-state index < -0.39 is 18.0 Å². The third-order valence-corrected chi connectivity index (χ3v) is 3.83. The van der Waals surface area contributed by atoms with Gasteiger partial charge < -0.3 is 20.3 Å². The zero-order chi connectivity index (χ0) is 18.9. The third kappa shape index (κ3) is 5.37. The van der Waals surface area contributed by atoms with E-state index in [1.165, 1.54) is 0 Å². The summed E-state index contributed by atoms with van der Waals surface area (Å²) in [5, 5.41) is 7.70. The lowest BCUT2D eigenvalue weighted by molar-refractivity contribution is -0.128. The van der Waals surface area contributed by atoms with Gasteiger partial charge in [0.05, 0.1) is 18.8 Å². The minimum absolute atomic E-state index is 0.0442. The number of imide groups is 1. The van der Waals surface area contributed by atoms with Crippen LogP contribution in [0.25, 0.3) is 0 Å². The minimum atomic E-state index is -0.710. The molecular weight excluding hydrogens is 336 g/mol. The van der Waals surface area contributed by atoms with Crippen LogP contribution in [0.1, 0.15) is 26.7 Å². The molecule has 0 fully saturated rings. The average molecular weight is 362 g/mol. The van der Waals surface area contributed by atoms with Crippen LogP contribution < -0.4 is 25.6 Å². The molecule has 0 aromatic heterocycles. The Hall–Kier alpha value is -2.77. The van der Waals surface area contributed by atoms with Gasteiger partial charge in [0.2, 0.25) is 5.91 Å². The number of nitrogens with one attached hydrogen (secondary N) is 3. The quantitative estimate of drug-likeness (QED) is 0.672. The number of carbonyl (C=O) groups excluding carboxylic acids is 3. The van der Waals surface area contributed by atoms with Crippen LogP contribution in [-0.2, 0) is 9.59 Å². The Bertz CT molecular complexity index is 650. The normalized spacial score (nSPS) is 15.5. The van der Waals surface area contributed by atoms with Gasteiger partial charge in [-0.2, -0.15) is 0 Å². The van der Waals surface area contributed by atoms with Crippen molar-refractivity contribution in [1.82, 2.24) is 16.0 Å². The molecule has 1 atom stereocenters. The first-order valence-corrected chi connectivity index (χ1v) is 8.91. The maximum Gasteiger partial charge on any atom is 0.321 e. The molecule has 3 N–H and O–H groups in total. The number of amides is 4. The molecule has 4 amide bonds. The van der Waals surface area contributed by atoms with Crippen molar-refractivity contribution in [3.63, 3.8) is 0 Å². The second kappa shape index (κ2) is 9.65. The van der Waals surface area contributed by atoms with Gasteiger partial charge in [0.1, 0.15) is 5.75 Å². The SMILES string of the molecule is CCCNC(=O)NC(=O)CN1C[C@@H](C(=O)NCCC)Oc2ccccc21. The molecule has 0 aliphatic carbocycles. The zero-order valence-electron chi connectivity index (χ0n) is 15.2. The third-order valence-electron chi connectivity index (χ3n) is 3.83. The fourth-order valence-electron chi connectivity index (χ4n) is 2.58. The molecule has 0 spiro atoms. The van der Waals surface area contributed by atoms with E-state index in [0.717, 1.165) is 18.5 Å². The van der Waals surface area contributed by atoms with Crippen LogP contribution in [0, 0.1) is 0 Å². The molecule has 8 nitrogen and oxygen atoms in total. The van der Waals surface area contributed by atoms with Gasteiger partial charge in [-0.3, -0.25) is 14.9 Å². The molecule has 2 rings (SSSR count). The van der Waals surface area contributed by atoms with Crippen molar-refractivity contribution in [1.29, 1.82) is 0 Å². The number of nitrogens with zero attached hydrogens (tertiary/aromatic N) is 1. The number of rotatable bonds is 7. The van der Waals surface area contributed by atoms with E-state index in [9.17, 15) is 14.4 Å². The van der Waals surface area contributed by atoms with E-state index in [1.807, 2.05) is 32.0 Å². The lowest BCUT2D eigenvalue weighted by Gasteiger charge is -2.35. The zero-order valence-corrected chi connectivity index (χ0v) is 15.2. The molecule has 0 saturated heterocycles. The Balaban J connectivity index is 2.04. The van der Waals surface area contributed by atoms with E-state index >= 15 is 0 Å². The average Bonchev–Trinajstić information content (AvgIpc) is 2.64. The first kappa shape index (κ1) is 19.6. The van der Waals surface area contributed by atoms with E-state index in [-0.39, 0.29) is 19.0 Å². The van der Waals surface area contributed by atoms with Crippen molar-refractivity contribution in [3.8, 4) is 5.75 Å². The van der Waals surface area contributed by atoms with Crippen LogP contribution in [0.2, 0.25) is 0 Å². The van der Waals surface area contributed by atoms with Crippen molar-refractivity contribution < 1.29 is 19.1 Å². The molecule has 0 unspecified atom stereocenters. The maximum absolute atomic E-state index is 12.3. The summed E-state index contributed by atoms with van der Waals surface area (Å²) in [4.78, 5) is 37.8. The van der Waals surface area contributed by atoms with Crippen LogP contribution in [0.4, 0.5) is 10.5 Å². The highest BCUT2D eigenvalue weighted by Gasteiger charge is 2.31. The van der Waals surface area contributed by atoms with Gasteiger partial charge in [0.25, 0.3) is 5.91 Å². The van der Waals surface area contributed by atoms with Crippen molar-refractivity contribution in [2.24, 2.45) is 0 Å². The van der Waals surface area contributed by atoms with Crippen LogP contribution in [0.15, 0.2) is 24.3 Å². The molecule has 8 heteroatoms. The van der Waals surface area contributed by atoms with Gasteiger partial charge >= 0.3 is 6.03 Å². The van der Waals surface area contributed by atoms with Gasteiger partial charge in [-0.1, -0.05) is 26.0 Å². The largest absolute Gasteiger partial charge is 0.477 e. The summed E-state index contributed by atoms with van der Waals surface area (Å²) in [7, 11) is 0. The van der Waals surface area contributed by atoms with Gasteiger partial charge in [0.15, 0.2) is 6.10 Å². The topological polar surface area (TPSA) is 99.8 Å². The molecule has 1 aromatic carbocycles. The number of ether oxygens (including phenoxy) is 1. The summed E-state index contributed by atoms with van der Waals surface area (Å²) in [5.74, 6) is -0.117. The number of urea groups is 1. The monoisotopic (exact) mass is 362 g/mol. The highest BCUT2D eigenvalue weighted by atomic mass is 16.5. The molecule has 1 aromatic rings. The highest BCUT2D eigenvalue weighted by Crippen LogP contribution is 2.32. The fraction of sp³-hybridized carbons (Fsp3) is 0.500. The summed E-state index contributed by atoms with van der Waals surface area (Å²) in [6.45, 7) is 5.15. The molecular formula is C18H26N4O4. The number of hydrogen-bond donors (Lipinski definition) is 3. The molecule has 0 radical (unpaired) electrons. The Morgan fingerprint density at radius 3 is 2.54 bits per heavy atom. The standard InChI is InChI=1S/C18H26N4O4/c1-3-9-19-17(24)15-11-22(13-7-5-6-8-14(13)26-15)12-16(23)21-18(25)20-10-4-2/h5-8,15H,3-4,9-12H2,1-2H3,(H,19,24)(H2,20,21,23,25)/t15-/m0/s1. The number of para-hydroxylation sites is 2. The maximum atomic E-state index is 12.3. The van der Waals surface area contributed by atoms with Crippen LogP contribution in [0.5, 0.6) is 5.75 Å². The van der Waals surface area contributed by atoms with Crippen molar-refractivity contribution in [2.75, 3.05) is 31.1 Å². The van der Waals surface area contributed by atoms with E-state index in [0.29, 0.717) is 18.8 Å². The Labute approximate surface area is 153 Å². The Morgan fingerprint density at radius 2 is 1.81 bits per heavy atom. The highest BCUT2D eigenvalue weighted by molar-refractivity contribution is 5.97. The summed E-state index contributed by atoms with van der Waals surface area (Å²) in [6.07, 6.45) is 0.902. The number of fused-ring (bicyclic) bond motifs is 1. The van der Waals surface area contributed by atoms with E-state index in [4.69, 9.17) is 4.74 Å². The molecule has 0 saturated carbocycles. The summed E-state index contributed by atoms with van der Waals surface area (Å²) >= 11 is 0. The molecule has 1 aliphatic rings. The molecule has 26 heavy (non-hydrogen) atoms. The molecule has 0 bridgehead atoms. The Kier molecular flexibility index (Phi) is 7.25. The first-order chi connectivity index (χ1) is 12.5. The van der Waals surface area contributed by atoms with Crippen molar-refractivity contribution in [3.05, 3.63) is 24.3 Å². The summed E-state index contributed by atoms with van der Waals surface area (Å²) in [6, 6.07) is 6.70. The molecule has 142 valence electrons. The van der Waals surface area contributed by atoms with Gasteiger partial charge in [-0.05, 0) is 25.0 Å². The van der Waals surface area contributed by atoms with Crippen LogP contribution in [0.3, 0.4) is 0 Å².